The number of halogens is 1. The van der Waals surface area contributed by atoms with Crippen LogP contribution in [0.15, 0.2) is 48.5 Å². The second-order valence-corrected chi connectivity index (χ2v) is 5.08. The first-order chi connectivity index (χ1) is 11.2. The van der Waals surface area contributed by atoms with E-state index in [-0.39, 0.29) is 24.9 Å². The van der Waals surface area contributed by atoms with Crippen LogP contribution >= 0.6 is 0 Å². The highest BCUT2D eigenvalue weighted by atomic mass is 19.1. The van der Waals surface area contributed by atoms with Crippen molar-refractivity contribution < 1.29 is 18.7 Å². The minimum absolute atomic E-state index is 0.0402. The molecule has 0 saturated carbocycles. The fraction of sp³-hybridized carbons (Fsp3) is 0.222. The Hall–Kier alpha value is -2.53. The van der Waals surface area contributed by atoms with Crippen molar-refractivity contribution in [3.63, 3.8) is 0 Å². The van der Waals surface area contributed by atoms with E-state index in [2.05, 4.69) is 5.32 Å². The van der Waals surface area contributed by atoms with Crippen LogP contribution < -0.4 is 5.32 Å². The third kappa shape index (κ3) is 6.00. The Morgan fingerprint density at radius 2 is 1.70 bits per heavy atom. The van der Waals surface area contributed by atoms with Crippen molar-refractivity contribution in [2.24, 2.45) is 0 Å². The summed E-state index contributed by atoms with van der Waals surface area (Å²) in [6.07, 6.45) is 1.48. The highest BCUT2D eigenvalue weighted by molar-refractivity contribution is 5.77. The van der Waals surface area contributed by atoms with Gasteiger partial charge in [0.1, 0.15) is 18.7 Å². The van der Waals surface area contributed by atoms with E-state index in [1.807, 2.05) is 12.1 Å². The molecular weight excluding hydrogens is 297 g/mol. The largest absolute Gasteiger partial charge is 0.367 e. The average molecular weight is 315 g/mol. The predicted molar refractivity (Wildman–Crippen MR) is 84.6 cm³/mol. The number of nitrogens with one attached hydrogen (secondary N) is 1. The normalized spacial score (nSPS) is 10.3. The Morgan fingerprint density at radius 3 is 2.35 bits per heavy atom. The standard InChI is InChI=1S/C18H18FNO3/c19-17-7-5-16(6-8-17)12-23-13-18(22)20-10-9-14-1-3-15(11-21)4-2-14/h1-8,11H,9-10,12-13H2,(H,20,22). The van der Waals surface area contributed by atoms with Crippen molar-refractivity contribution in [3.05, 3.63) is 71.0 Å². The number of ether oxygens (including phenoxy) is 1. The molecule has 0 saturated heterocycles. The fourth-order valence-corrected chi connectivity index (χ4v) is 2.00. The van der Waals surface area contributed by atoms with Crippen LogP contribution in [0.1, 0.15) is 21.5 Å². The van der Waals surface area contributed by atoms with Crippen LogP contribution in [0.3, 0.4) is 0 Å². The summed E-state index contributed by atoms with van der Waals surface area (Å²) < 4.78 is 18.0. The molecule has 0 bridgehead atoms. The lowest BCUT2D eigenvalue weighted by atomic mass is 10.1. The maximum Gasteiger partial charge on any atom is 0.246 e. The minimum atomic E-state index is -0.298. The fourth-order valence-electron chi connectivity index (χ4n) is 2.00. The van der Waals surface area contributed by atoms with Gasteiger partial charge < -0.3 is 10.1 Å². The Bertz CT molecular complexity index is 638. The van der Waals surface area contributed by atoms with E-state index in [1.165, 1.54) is 12.1 Å². The van der Waals surface area contributed by atoms with E-state index in [0.29, 0.717) is 18.5 Å². The van der Waals surface area contributed by atoms with Crippen molar-refractivity contribution in [2.75, 3.05) is 13.2 Å². The summed E-state index contributed by atoms with van der Waals surface area (Å²) in [5.74, 6) is -0.496. The molecule has 1 N–H and O–H groups in total. The molecule has 0 unspecified atom stereocenters. The van der Waals surface area contributed by atoms with Gasteiger partial charge in [-0.05, 0) is 29.7 Å². The van der Waals surface area contributed by atoms with Gasteiger partial charge >= 0.3 is 0 Å². The third-order valence-corrected chi connectivity index (χ3v) is 3.27. The number of carbonyl (C=O) groups excluding carboxylic acids is 2. The van der Waals surface area contributed by atoms with Crippen LogP contribution in [0.5, 0.6) is 0 Å². The van der Waals surface area contributed by atoms with Gasteiger partial charge in [-0.2, -0.15) is 0 Å². The predicted octanol–water partition coefficient (Wildman–Crippen LogP) is 2.51. The second-order valence-electron chi connectivity index (χ2n) is 5.08. The molecule has 0 spiro atoms. The third-order valence-electron chi connectivity index (χ3n) is 3.27. The quantitative estimate of drug-likeness (QED) is 0.762. The van der Waals surface area contributed by atoms with Gasteiger partial charge in [-0.25, -0.2) is 4.39 Å². The summed E-state index contributed by atoms with van der Waals surface area (Å²) in [7, 11) is 0. The summed E-state index contributed by atoms with van der Waals surface area (Å²) >= 11 is 0. The number of rotatable bonds is 8. The minimum Gasteiger partial charge on any atom is -0.367 e. The molecule has 0 aliphatic rings. The highest BCUT2D eigenvalue weighted by Crippen LogP contribution is 2.04. The molecule has 23 heavy (non-hydrogen) atoms. The van der Waals surface area contributed by atoms with Gasteiger partial charge in [0.05, 0.1) is 6.61 Å². The van der Waals surface area contributed by atoms with Gasteiger partial charge in [-0.15, -0.1) is 0 Å². The van der Waals surface area contributed by atoms with Gasteiger partial charge in [0.25, 0.3) is 0 Å². The number of amides is 1. The molecule has 0 heterocycles. The molecule has 2 aromatic rings. The average Bonchev–Trinajstić information content (AvgIpc) is 2.57. The van der Waals surface area contributed by atoms with Crippen LogP contribution in [0.2, 0.25) is 0 Å². The molecule has 0 aliphatic heterocycles. The molecule has 5 heteroatoms. The molecule has 120 valence electrons. The Balaban J connectivity index is 1.62. The lowest BCUT2D eigenvalue weighted by Crippen LogP contribution is -2.29. The Labute approximate surface area is 134 Å². The Morgan fingerprint density at radius 1 is 1.04 bits per heavy atom. The molecule has 0 aromatic heterocycles. The first-order valence-electron chi connectivity index (χ1n) is 7.30. The summed E-state index contributed by atoms with van der Waals surface area (Å²) in [6.45, 7) is 0.724. The van der Waals surface area contributed by atoms with Gasteiger partial charge in [0, 0.05) is 12.1 Å². The molecule has 2 aromatic carbocycles. The highest BCUT2D eigenvalue weighted by Gasteiger charge is 2.02. The molecule has 0 radical (unpaired) electrons. The zero-order valence-electron chi connectivity index (χ0n) is 12.6. The number of aldehydes is 1. The zero-order chi connectivity index (χ0) is 16.5. The second kappa shape index (κ2) is 8.80. The number of hydrogen-bond donors (Lipinski definition) is 1. The van der Waals surface area contributed by atoms with Gasteiger partial charge in [0.15, 0.2) is 0 Å². The van der Waals surface area contributed by atoms with Crippen LogP contribution in [0.25, 0.3) is 0 Å². The molecule has 2 rings (SSSR count). The van der Waals surface area contributed by atoms with Crippen molar-refractivity contribution in [3.8, 4) is 0 Å². The SMILES string of the molecule is O=Cc1ccc(CCNC(=O)COCc2ccc(F)cc2)cc1. The van der Waals surface area contributed by atoms with E-state index in [0.717, 1.165) is 17.4 Å². The summed E-state index contributed by atoms with van der Waals surface area (Å²) in [4.78, 5) is 22.2. The summed E-state index contributed by atoms with van der Waals surface area (Å²) in [6, 6.07) is 13.2. The van der Waals surface area contributed by atoms with Crippen LogP contribution in [0, 0.1) is 5.82 Å². The zero-order valence-corrected chi connectivity index (χ0v) is 12.6. The first-order valence-corrected chi connectivity index (χ1v) is 7.30. The topological polar surface area (TPSA) is 55.4 Å². The van der Waals surface area contributed by atoms with E-state index in [9.17, 15) is 14.0 Å². The Kier molecular flexibility index (Phi) is 6.44. The van der Waals surface area contributed by atoms with Crippen LogP contribution in [0.4, 0.5) is 4.39 Å². The molecule has 0 atom stereocenters. The van der Waals surface area contributed by atoms with Crippen molar-refractivity contribution in [1.82, 2.24) is 5.32 Å². The lowest BCUT2D eigenvalue weighted by molar-refractivity contribution is -0.126. The molecular formula is C18H18FNO3. The maximum absolute atomic E-state index is 12.7. The van der Waals surface area contributed by atoms with Crippen molar-refractivity contribution in [2.45, 2.75) is 13.0 Å². The van der Waals surface area contributed by atoms with Crippen LogP contribution in [-0.4, -0.2) is 25.3 Å². The van der Waals surface area contributed by atoms with E-state index < -0.39 is 0 Å². The smallest absolute Gasteiger partial charge is 0.246 e. The van der Waals surface area contributed by atoms with E-state index >= 15 is 0 Å². The first kappa shape index (κ1) is 16.8. The van der Waals surface area contributed by atoms with Gasteiger partial charge in [0.2, 0.25) is 5.91 Å². The number of benzene rings is 2. The van der Waals surface area contributed by atoms with E-state index in [1.54, 1.807) is 24.3 Å². The molecule has 0 aliphatic carbocycles. The summed E-state index contributed by atoms with van der Waals surface area (Å²) in [5.41, 5.74) is 2.49. The van der Waals surface area contributed by atoms with Gasteiger partial charge in [-0.3, -0.25) is 9.59 Å². The molecule has 4 nitrogen and oxygen atoms in total. The maximum atomic E-state index is 12.7. The van der Waals surface area contributed by atoms with Gasteiger partial charge in [-0.1, -0.05) is 36.4 Å². The number of carbonyl (C=O) groups is 2. The monoisotopic (exact) mass is 315 g/mol. The number of hydrogen-bond acceptors (Lipinski definition) is 3. The van der Waals surface area contributed by atoms with Crippen molar-refractivity contribution >= 4 is 12.2 Å². The van der Waals surface area contributed by atoms with E-state index in [4.69, 9.17) is 4.74 Å². The molecule has 1 amide bonds. The molecule has 0 fully saturated rings. The van der Waals surface area contributed by atoms with Crippen LogP contribution in [-0.2, 0) is 22.6 Å². The summed E-state index contributed by atoms with van der Waals surface area (Å²) in [5, 5.41) is 2.76. The lowest BCUT2D eigenvalue weighted by Gasteiger charge is -2.07. The van der Waals surface area contributed by atoms with Crippen molar-refractivity contribution in [1.29, 1.82) is 0 Å².